The molecule has 2 aromatic carbocycles. The summed E-state index contributed by atoms with van der Waals surface area (Å²) >= 11 is 0. The number of hydrogen-bond donors (Lipinski definition) is 1. The normalized spacial score (nSPS) is 15.1. The van der Waals surface area contributed by atoms with Gasteiger partial charge >= 0.3 is 0 Å². The molecule has 0 radical (unpaired) electrons. The minimum Gasteiger partial charge on any atom is -0.497 e. The molecule has 172 valence electrons. The van der Waals surface area contributed by atoms with Crippen molar-refractivity contribution in [1.82, 2.24) is 9.73 Å². The number of amides is 1. The maximum absolute atomic E-state index is 13.3. The topological polar surface area (TPSA) is 97.3 Å². The molecular formula is C23H29N3O5S. The number of nitrogens with zero attached hydrogens (tertiary/aromatic N) is 2. The minimum atomic E-state index is -3.81. The molecule has 8 nitrogen and oxygen atoms in total. The number of ether oxygens (including phenoxy) is 2. The molecule has 0 bridgehead atoms. The van der Waals surface area contributed by atoms with Gasteiger partial charge in [-0.25, -0.2) is 13.8 Å². The van der Waals surface area contributed by atoms with Crippen molar-refractivity contribution < 1.29 is 22.7 Å². The van der Waals surface area contributed by atoms with E-state index in [4.69, 9.17) is 9.47 Å². The molecule has 0 atom stereocenters. The lowest BCUT2D eigenvalue weighted by atomic mass is 9.95. The Morgan fingerprint density at radius 1 is 1.09 bits per heavy atom. The van der Waals surface area contributed by atoms with Crippen LogP contribution in [0.3, 0.4) is 0 Å². The Hall–Kier alpha value is -2.91. The lowest BCUT2D eigenvalue weighted by molar-refractivity contribution is -0.121. The summed E-state index contributed by atoms with van der Waals surface area (Å²) < 4.78 is 38.4. The Bertz CT molecular complexity index is 1030. The average Bonchev–Trinajstić information content (AvgIpc) is 2.83. The van der Waals surface area contributed by atoms with Crippen molar-refractivity contribution >= 4 is 22.1 Å². The zero-order valence-corrected chi connectivity index (χ0v) is 19.2. The van der Waals surface area contributed by atoms with Crippen LogP contribution >= 0.6 is 0 Å². The Labute approximate surface area is 189 Å². The summed E-state index contributed by atoms with van der Waals surface area (Å²) in [6.45, 7) is -0.297. The molecule has 1 fully saturated rings. The highest BCUT2D eigenvalue weighted by atomic mass is 32.2. The molecule has 0 spiro atoms. The highest BCUT2D eigenvalue weighted by molar-refractivity contribution is 7.89. The van der Waals surface area contributed by atoms with E-state index in [1.165, 1.54) is 17.6 Å². The second-order valence-corrected chi connectivity index (χ2v) is 9.45. The summed E-state index contributed by atoms with van der Waals surface area (Å²) in [5, 5.41) is 4.00. The van der Waals surface area contributed by atoms with E-state index in [9.17, 15) is 13.2 Å². The molecule has 0 aromatic heterocycles. The zero-order valence-electron chi connectivity index (χ0n) is 18.4. The third-order valence-electron chi connectivity index (χ3n) is 5.46. The fourth-order valence-corrected chi connectivity index (χ4v) is 5.46. The van der Waals surface area contributed by atoms with E-state index in [0.29, 0.717) is 17.1 Å². The van der Waals surface area contributed by atoms with Gasteiger partial charge in [0.2, 0.25) is 10.0 Å². The van der Waals surface area contributed by atoms with Crippen LogP contribution in [0.25, 0.3) is 0 Å². The van der Waals surface area contributed by atoms with Crippen molar-refractivity contribution in [2.75, 3.05) is 20.8 Å². The molecule has 1 amide bonds. The van der Waals surface area contributed by atoms with Crippen LogP contribution in [-0.4, -0.2) is 51.7 Å². The van der Waals surface area contributed by atoms with Crippen LogP contribution in [0, 0.1) is 0 Å². The molecule has 1 aliphatic carbocycles. The summed E-state index contributed by atoms with van der Waals surface area (Å²) in [6, 6.07) is 13.2. The summed E-state index contributed by atoms with van der Waals surface area (Å²) in [6.07, 6.45) is 5.89. The first-order valence-corrected chi connectivity index (χ1v) is 12.0. The SMILES string of the molecule is COc1ccc(OC)c(/C=N/NC(=O)CN(C2CCCCC2)S(=O)(=O)c2ccccc2)c1. The van der Waals surface area contributed by atoms with Crippen LogP contribution in [0.5, 0.6) is 11.5 Å². The van der Waals surface area contributed by atoms with Gasteiger partial charge < -0.3 is 9.47 Å². The average molecular weight is 460 g/mol. The van der Waals surface area contributed by atoms with Crippen molar-refractivity contribution in [2.45, 2.75) is 43.0 Å². The molecule has 9 heteroatoms. The molecule has 32 heavy (non-hydrogen) atoms. The maximum Gasteiger partial charge on any atom is 0.255 e. The highest BCUT2D eigenvalue weighted by Gasteiger charge is 2.33. The number of carbonyl (C=O) groups is 1. The minimum absolute atomic E-state index is 0.183. The van der Waals surface area contributed by atoms with Crippen molar-refractivity contribution in [3.05, 3.63) is 54.1 Å². The van der Waals surface area contributed by atoms with Crippen LogP contribution < -0.4 is 14.9 Å². The quantitative estimate of drug-likeness (QED) is 0.459. The zero-order chi connectivity index (χ0) is 23.0. The fourth-order valence-electron chi connectivity index (χ4n) is 3.80. The van der Waals surface area contributed by atoms with Crippen molar-refractivity contribution in [3.63, 3.8) is 0 Å². The Kier molecular flexibility index (Phi) is 8.24. The first kappa shape index (κ1) is 23.7. The van der Waals surface area contributed by atoms with Gasteiger partial charge in [0.15, 0.2) is 0 Å². The van der Waals surface area contributed by atoms with Gasteiger partial charge in [0, 0.05) is 11.6 Å². The van der Waals surface area contributed by atoms with Crippen LogP contribution in [0.4, 0.5) is 0 Å². The van der Waals surface area contributed by atoms with Gasteiger partial charge in [-0.2, -0.15) is 9.41 Å². The molecule has 0 unspecified atom stereocenters. The second-order valence-electron chi connectivity index (χ2n) is 7.56. The van der Waals surface area contributed by atoms with E-state index in [1.807, 2.05) is 0 Å². The molecule has 0 heterocycles. The lowest BCUT2D eigenvalue weighted by Crippen LogP contribution is -2.46. The summed E-state index contributed by atoms with van der Waals surface area (Å²) in [5.74, 6) is 0.684. The summed E-state index contributed by atoms with van der Waals surface area (Å²) in [7, 11) is -0.720. The molecule has 0 saturated heterocycles. The van der Waals surface area contributed by atoms with Gasteiger partial charge in [0.1, 0.15) is 11.5 Å². The smallest absolute Gasteiger partial charge is 0.255 e. The Morgan fingerprint density at radius 3 is 2.47 bits per heavy atom. The van der Waals surface area contributed by atoms with Crippen LogP contribution in [-0.2, 0) is 14.8 Å². The van der Waals surface area contributed by atoms with Crippen LogP contribution in [0.1, 0.15) is 37.7 Å². The predicted octanol–water partition coefficient (Wildman–Crippen LogP) is 3.18. The number of benzene rings is 2. The van der Waals surface area contributed by atoms with E-state index in [-0.39, 0.29) is 17.5 Å². The standard InChI is InChI=1S/C23H29N3O5S/c1-30-20-13-14-22(31-2)18(15-20)16-24-25-23(27)17-26(19-9-5-3-6-10-19)32(28,29)21-11-7-4-8-12-21/h4,7-8,11-16,19H,3,5-6,9-10,17H2,1-2H3,(H,25,27)/b24-16+. The van der Waals surface area contributed by atoms with E-state index < -0.39 is 15.9 Å². The molecule has 0 aliphatic heterocycles. The number of carbonyl (C=O) groups excluding carboxylic acids is 1. The highest BCUT2D eigenvalue weighted by Crippen LogP contribution is 2.27. The number of rotatable bonds is 9. The van der Waals surface area contributed by atoms with Crippen molar-refractivity contribution in [2.24, 2.45) is 5.10 Å². The van der Waals surface area contributed by atoms with E-state index in [2.05, 4.69) is 10.5 Å². The van der Waals surface area contributed by atoms with Gasteiger partial charge in [-0.3, -0.25) is 4.79 Å². The maximum atomic E-state index is 13.3. The molecule has 1 aliphatic rings. The Balaban J connectivity index is 1.75. The molecule has 1 saturated carbocycles. The number of nitrogens with one attached hydrogen (secondary N) is 1. The van der Waals surface area contributed by atoms with Crippen LogP contribution in [0.15, 0.2) is 58.5 Å². The first-order chi connectivity index (χ1) is 15.5. The van der Waals surface area contributed by atoms with Gasteiger partial charge in [0.05, 0.1) is 31.9 Å². The van der Waals surface area contributed by atoms with Gasteiger partial charge in [-0.15, -0.1) is 0 Å². The summed E-state index contributed by atoms with van der Waals surface area (Å²) in [5.41, 5.74) is 3.06. The number of methoxy groups -OCH3 is 2. The fraction of sp³-hybridized carbons (Fsp3) is 0.391. The first-order valence-electron chi connectivity index (χ1n) is 10.6. The third kappa shape index (κ3) is 5.86. The molecule has 2 aromatic rings. The third-order valence-corrected chi connectivity index (χ3v) is 7.37. The van der Waals surface area contributed by atoms with Crippen molar-refractivity contribution in [1.29, 1.82) is 0 Å². The monoisotopic (exact) mass is 459 g/mol. The summed E-state index contributed by atoms with van der Waals surface area (Å²) in [4.78, 5) is 12.8. The largest absolute Gasteiger partial charge is 0.497 e. The molecule has 3 rings (SSSR count). The van der Waals surface area contributed by atoms with E-state index in [0.717, 1.165) is 32.1 Å². The molecular weight excluding hydrogens is 430 g/mol. The van der Waals surface area contributed by atoms with Crippen molar-refractivity contribution in [3.8, 4) is 11.5 Å². The van der Waals surface area contributed by atoms with Gasteiger partial charge in [-0.05, 0) is 43.2 Å². The Morgan fingerprint density at radius 2 is 1.81 bits per heavy atom. The number of hydrazone groups is 1. The van der Waals surface area contributed by atoms with E-state index >= 15 is 0 Å². The second kappa shape index (κ2) is 11.1. The lowest BCUT2D eigenvalue weighted by Gasteiger charge is -2.32. The van der Waals surface area contributed by atoms with Gasteiger partial charge in [0.25, 0.3) is 5.91 Å². The van der Waals surface area contributed by atoms with Gasteiger partial charge in [-0.1, -0.05) is 37.5 Å². The predicted molar refractivity (Wildman–Crippen MR) is 122 cm³/mol. The van der Waals surface area contributed by atoms with E-state index in [1.54, 1.807) is 55.6 Å². The number of hydrogen-bond acceptors (Lipinski definition) is 6. The molecule has 1 N–H and O–H groups in total. The number of sulfonamides is 1. The van der Waals surface area contributed by atoms with Crippen LogP contribution in [0.2, 0.25) is 0 Å².